The van der Waals surface area contributed by atoms with Gasteiger partial charge in [0.2, 0.25) is 5.91 Å². The Labute approximate surface area is 164 Å². The molecule has 0 aromatic heterocycles. The van der Waals surface area contributed by atoms with Gasteiger partial charge in [-0.15, -0.1) is 0 Å². The second-order valence-electron chi connectivity index (χ2n) is 9.18. The lowest BCUT2D eigenvalue weighted by atomic mass is 9.49. The molecular weight excluding hydrogens is 362 g/mol. The Bertz CT molecular complexity index is 730. The van der Waals surface area contributed by atoms with Crippen molar-refractivity contribution in [3.63, 3.8) is 0 Å². The topological polar surface area (TPSA) is 58.2 Å². The van der Waals surface area contributed by atoms with Crippen molar-refractivity contribution in [1.82, 2.24) is 10.6 Å². The van der Waals surface area contributed by atoms with Gasteiger partial charge in [0.1, 0.15) is 11.6 Å². The quantitative estimate of drug-likeness (QED) is 0.696. The summed E-state index contributed by atoms with van der Waals surface area (Å²) in [6.07, 6.45) is 8.78. The smallest absolute Gasteiger partial charge is 0.254 e. The van der Waals surface area contributed by atoms with E-state index in [-0.39, 0.29) is 18.0 Å². The average molecular weight is 390 g/mol. The Kier molecular flexibility index (Phi) is 5.39. The maximum absolute atomic E-state index is 13.6. The van der Waals surface area contributed by atoms with Crippen molar-refractivity contribution in [3.05, 3.63) is 35.4 Å². The van der Waals surface area contributed by atoms with Crippen LogP contribution in [0.5, 0.6) is 0 Å². The fourth-order valence-electron chi connectivity index (χ4n) is 6.10. The van der Waals surface area contributed by atoms with Gasteiger partial charge < -0.3 is 10.6 Å². The molecule has 6 heteroatoms. The van der Waals surface area contributed by atoms with Crippen LogP contribution < -0.4 is 10.6 Å². The zero-order chi connectivity index (χ0) is 19.7. The SMILES string of the molecule is O=C(CCCNC(=O)c1ccc(F)cc1F)NCC12CC3CC(CC(C3)C1)C2. The van der Waals surface area contributed by atoms with Crippen LogP contribution in [0, 0.1) is 34.8 Å². The molecule has 0 heterocycles. The second kappa shape index (κ2) is 7.80. The molecule has 4 bridgehead atoms. The minimum atomic E-state index is -0.884. The largest absolute Gasteiger partial charge is 0.356 e. The Hall–Kier alpha value is -1.98. The van der Waals surface area contributed by atoms with E-state index in [1.54, 1.807) is 0 Å². The third kappa shape index (κ3) is 4.20. The Morgan fingerprint density at radius 3 is 2.25 bits per heavy atom. The molecular formula is C22H28F2N2O2. The van der Waals surface area contributed by atoms with E-state index in [9.17, 15) is 18.4 Å². The van der Waals surface area contributed by atoms with E-state index in [1.165, 1.54) is 38.5 Å². The molecule has 2 N–H and O–H groups in total. The molecule has 5 rings (SSSR count). The molecule has 0 radical (unpaired) electrons. The van der Waals surface area contributed by atoms with Crippen LogP contribution in [0.2, 0.25) is 0 Å². The van der Waals surface area contributed by atoms with E-state index < -0.39 is 17.5 Å². The van der Waals surface area contributed by atoms with Crippen molar-refractivity contribution in [3.8, 4) is 0 Å². The highest BCUT2D eigenvalue weighted by molar-refractivity contribution is 5.94. The first-order valence-electron chi connectivity index (χ1n) is 10.4. The van der Waals surface area contributed by atoms with Crippen LogP contribution in [0.1, 0.15) is 61.7 Å². The van der Waals surface area contributed by atoms with E-state index in [2.05, 4.69) is 10.6 Å². The summed E-state index contributed by atoms with van der Waals surface area (Å²) in [5, 5.41) is 5.71. The molecule has 2 amide bonds. The molecule has 0 aliphatic heterocycles. The first kappa shape index (κ1) is 19.3. The van der Waals surface area contributed by atoms with Gasteiger partial charge in [0.25, 0.3) is 5.91 Å². The van der Waals surface area contributed by atoms with Crippen molar-refractivity contribution < 1.29 is 18.4 Å². The highest BCUT2D eigenvalue weighted by Gasteiger charge is 2.50. The summed E-state index contributed by atoms with van der Waals surface area (Å²) in [4.78, 5) is 24.1. The van der Waals surface area contributed by atoms with E-state index in [0.29, 0.717) is 24.3 Å². The predicted molar refractivity (Wildman–Crippen MR) is 102 cm³/mol. The lowest BCUT2D eigenvalue weighted by Gasteiger charge is -2.56. The van der Waals surface area contributed by atoms with E-state index in [4.69, 9.17) is 0 Å². The number of carbonyl (C=O) groups is 2. The number of amides is 2. The zero-order valence-electron chi connectivity index (χ0n) is 16.1. The highest BCUT2D eigenvalue weighted by atomic mass is 19.1. The van der Waals surface area contributed by atoms with Crippen LogP contribution in [0.3, 0.4) is 0 Å². The number of hydrogen-bond donors (Lipinski definition) is 2. The van der Waals surface area contributed by atoms with Crippen molar-refractivity contribution in [1.29, 1.82) is 0 Å². The molecule has 4 nitrogen and oxygen atoms in total. The zero-order valence-corrected chi connectivity index (χ0v) is 16.1. The number of halogens is 2. The Morgan fingerprint density at radius 2 is 1.64 bits per heavy atom. The van der Waals surface area contributed by atoms with Gasteiger partial charge in [0.15, 0.2) is 0 Å². The summed E-state index contributed by atoms with van der Waals surface area (Å²) >= 11 is 0. The molecule has 1 aromatic rings. The summed E-state index contributed by atoms with van der Waals surface area (Å²) in [5.74, 6) is 0.417. The molecule has 0 unspecified atom stereocenters. The van der Waals surface area contributed by atoms with Crippen molar-refractivity contribution >= 4 is 11.8 Å². The van der Waals surface area contributed by atoms with Gasteiger partial charge in [0, 0.05) is 25.6 Å². The Balaban J connectivity index is 1.17. The summed E-state index contributed by atoms with van der Waals surface area (Å²) in [7, 11) is 0. The molecule has 4 saturated carbocycles. The van der Waals surface area contributed by atoms with Gasteiger partial charge in [-0.25, -0.2) is 8.78 Å². The van der Waals surface area contributed by atoms with Crippen LogP contribution >= 0.6 is 0 Å². The predicted octanol–water partition coefficient (Wildman–Crippen LogP) is 3.81. The summed E-state index contributed by atoms with van der Waals surface area (Å²) < 4.78 is 26.5. The third-order valence-electron chi connectivity index (χ3n) is 6.87. The molecule has 152 valence electrons. The second-order valence-corrected chi connectivity index (χ2v) is 9.18. The maximum atomic E-state index is 13.6. The molecule has 0 spiro atoms. The van der Waals surface area contributed by atoms with Gasteiger partial charge >= 0.3 is 0 Å². The fraction of sp³-hybridized carbons (Fsp3) is 0.636. The standard InChI is InChI=1S/C22H28F2N2O2/c23-17-3-4-18(19(24)9-17)21(28)25-5-1-2-20(27)26-13-22-10-14-6-15(11-22)8-16(7-14)12-22/h3-4,9,14-16H,1-2,5-8,10-13H2,(H,25,28)(H,26,27). The van der Waals surface area contributed by atoms with Crippen molar-refractivity contribution in [2.45, 2.75) is 51.4 Å². The van der Waals surface area contributed by atoms with Crippen LogP contribution in [0.25, 0.3) is 0 Å². The number of nitrogens with one attached hydrogen (secondary N) is 2. The van der Waals surface area contributed by atoms with E-state index >= 15 is 0 Å². The Morgan fingerprint density at radius 1 is 1.00 bits per heavy atom. The molecule has 4 aliphatic carbocycles. The van der Waals surface area contributed by atoms with Crippen LogP contribution in [0.4, 0.5) is 8.78 Å². The lowest BCUT2D eigenvalue weighted by molar-refractivity contribution is -0.123. The van der Waals surface area contributed by atoms with E-state index in [0.717, 1.165) is 36.4 Å². The number of rotatable bonds is 7. The third-order valence-corrected chi connectivity index (χ3v) is 6.87. The van der Waals surface area contributed by atoms with Gasteiger partial charge in [-0.2, -0.15) is 0 Å². The number of carbonyl (C=O) groups excluding carboxylic acids is 2. The van der Waals surface area contributed by atoms with Crippen LogP contribution in [-0.2, 0) is 4.79 Å². The lowest BCUT2D eigenvalue weighted by Crippen LogP contribution is -2.51. The van der Waals surface area contributed by atoms with Crippen molar-refractivity contribution in [2.24, 2.45) is 23.2 Å². The molecule has 4 fully saturated rings. The molecule has 0 atom stereocenters. The first-order valence-corrected chi connectivity index (χ1v) is 10.4. The number of hydrogen-bond acceptors (Lipinski definition) is 2. The summed E-state index contributed by atoms with van der Waals surface area (Å²) in [6.45, 7) is 1.06. The minimum absolute atomic E-state index is 0.0120. The van der Waals surface area contributed by atoms with Crippen LogP contribution in [0.15, 0.2) is 18.2 Å². The molecule has 1 aromatic carbocycles. The maximum Gasteiger partial charge on any atom is 0.254 e. The summed E-state index contributed by atoms with van der Waals surface area (Å²) in [5.41, 5.74) is 0.131. The first-order chi connectivity index (χ1) is 13.4. The monoisotopic (exact) mass is 390 g/mol. The van der Waals surface area contributed by atoms with Crippen LogP contribution in [-0.4, -0.2) is 24.9 Å². The molecule has 0 saturated heterocycles. The fourth-order valence-corrected chi connectivity index (χ4v) is 6.10. The molecule has 4 aliphatic rings. The normalized spacial score (nSPS) is 30.3. The number of benzene rings is 1. The van der Waals surface area contributed by atoms with Gasteiger partial charge in [0.05, 0.1) is 5.56 Å². The van der Waals surface area contributed by atoms with Gasteiger partial charge in [-0.1, -0.05) is 0 Å². The minimum Gasteiger partial charge on any atom is -0.356 e. The van der Waals surface area contributed by atoms with Crippen molar-refractivity contribution in [2.75, 3.05) is 13.1 Å². The summed E-state index contributed by atoms with van der Waals surface area (Å²) in [6, 6.07) is 2.86. The van der Waals surface area contributed by atoms with Gasteiger partial charge in [-0.05, 0) is 80.2 Å². The van der Waals surface area contributed by atoms with E-state index in [1.807, 2.05) is 0 Å². The molecule has 28 heavy (non-hydrogen) atoms. The average Bonchev–Trinajstić information content (AvgIpc) is 2.62. The van der Waals surface area contributed by atoms with Gasteiger partial charge in [-0.3, -0.25) is 9.59 Å². The highest BCUT2D eigenvalue weighted by Crippen LogP contribution is 2.59.